The van der Waals surface area contributed by atoms with E-state index in [1.807, 2.05) is 80.6 Å². The highest BCUT2D eigenvalue weighted by molar-refractivity contribution is 9.10. The Morgan fingerprint density at radius 3 is 2.07 bits per heavy atom. The molecular weight excluding hydrogens is 650 g/mol. The van der Waals surface area contributed by atoms with Crippen LogP contribution >= 0.6 is 15.9 Å². The number of unbranched alkanes of at least 4 members (excludes halogenated alkanes) is 1. The van der Waals surface area contributed by atoms with E-state index in [1.54, 1.807) is 30.3 Å². The Kier molecular flexibility index (Phi) is 12.4. The second kappa shape index (κ2) is 16.4. The molecule has 1 atom stereocenters. The van der Waals surface area contributed by atoms with Crippen molar-refractivity contribution < 1.29 is 18.0 Å². The standard InChI is InChI=1S/C36H40BrN3O4S/c1-3-5-24-38-36(42)34(25-28-14-8-6-9-15-28)39(26-29-20-22-31(37)23-21-29)35(41)27-40(33-19-13-12-16-30(33)4-2)45(43,44)32-17-10-7-11-18-32/h6-23,34H,3-5,24-27H2,1-2H3,(H,38,42). The van der Waals surface area contributed by atoms with Crippen molar-refractivity contribution in [2.75, 3.05) is 17.4 Å². The molecule has 0 spiro atoms. The third-order valence-electron chi connectivity index (χ3n) is 7.62. The Morgan fingerprint density at radius 2 is 1.42 bits per heavy atom. The summed E-state index contributed by atoms with van der Waals surface area (Å²) in [6.45, 7) is 4.13. The second-order valence-corrected chi connectivity index (χ2v) is 13.6. The summed E-state index contributed by atoms with van der Waals surface area (Å²) >= 11 is 3.47. The molecule has 4 aromatic carbocycles. The quantitative estimate of drug-likeness (QED) is 0.140. The summed E-state index contributed by atoms with van der Waals surface area (Å²) in [5, 5.41) is 3.02. The third-order valence-corrected chi connectivity index (χ3v) is 9.92. The van der Waals surface area contributed by atoms with Crippen molar-refractivity contribution in [3.63, 3.8) is 0 Å². The number of benzene rings is 4. The van der Waals surface area contributed by atoms with E-state index in [1.165, 1.54) is 21.3 Å². The van der Waals surface area contributed by atoms with Crippen molar-refractivity contribution in [3.05, 3.63) is 130 Å². The number of amides is 2. The zero-order valence-corrected chi connectivity index (χ0v) is 28.1. The first kappa shape index (κ1) is 33.9. The topological polar surface area (TPSA) is 86.8 Å². The van der Waals surface area contributed by atoms with Crippen LogP contribution in [0, 0.1) is 0 Å². The fourth-order valence-electron chi connectivity index (χ4n) is 5.13. The number of rotatable bonds is 15. The number of anilines is 1. The van der Waals surface area contributed by atoms with E-state index in [0.717, 1.165) is 34.0 Å². The van der Waals surface area contributed by atoms with Crippen LogP contribution in [0.3, 0.4) is 0 Å². The van der Waals surface area contributed by atoms with Gasteiger partial charge in [0.1, 0.15) is 12.6 Å². The molecule has 4 aromatic rings. The van der Waals surface area contributed by atoms with Crippen LogP contribution in [0.25, 0.3) is 0 Å². The molecule has 45 heavy (non-hydrogen) atoms. The van der Waals surface area contributed by atoms with Gasteiger partial charge in [-0.3, -0.25) is 13.9 Å². The summed E-state index contributed by atoms with van der Waals surface area (Å²) in [4.78, 5) is 30.0. The zero-order chi connectivity index (χ0) is 32.2. The summed E-state index contributed by atoms with van der Waals surface area (Å²) in [6, 6.07) is 31.6. The van der Waals surface area contributed by atoms with Crippen LogP contribution in [-0.4, -0.2) is 44.3 Å². The molecule has 0 aliphatic heterocycles. The van der Waals surface area contributed by atoms with Crippen LogP contribution < -0.4 is 9.62 Å². The Labute approximate surface area is 275 Å². The maximum Gasteiger partial charge on any atom is 0.264 e. The van der Waals surface area contributed by atoms with Gasteiger partial charge in [0.2, 0.25) is 11.8 Å². The number of carbonyl (C=O) groups excluding carboxylic acids is 2. The van der Waals surface area contributed by atoms with Crippen LogP contribution in [0.4, 0.5) is 5.69 Å². The maximum absolute atomic E-state index is 14.6. The predicted octanol–water partition coefficient (Wildman–Crippen LogP) is 6.76. The van der Waals surface area contributed by atoms with Crippen molar-refractivity contribution in [3.8, 4) is 0 Å². The van der Waals surface area contributed by atoms with Crippen molar-refractivity contribution in [1.82, 2.24) is 10.2 Å². The Morgan fingerprint density at radius 1 is 0.800 bits per heavy atom. The van der Waals surface area contributed by atoms with Gasteiger partial charge in [-0.05, 0) is 59.9 Å². The molecule has 0 aliphatic rings. The summed E-state index contributed by atoms with van der Waals surface area (Å²) in [5.74, 6) is -0.751. The number of nitrogens with one attached hydrogen (secondary N) is 1. The molecule has 4 rings (SSSR count). The van der Waals surface area contributed by atoms with Gasteiger partial charge in [-0.1, -0.05) is 115 Å². The minimum atomic E-state index is -4.14. The molecular formula is C36H40BrN3O4S. The van der Waals surface area contributed by atoms with Crippen molar-refractivity contribution >= 4 is 43.5 Å². The van der Waals surface area contributed by atoms with Gasteiger partial charge in [-0.2, -0.15) is 0 Å². The summed E-state index contributed by atoms with van der Waals surface area (Å²) in [6.07, 6.45) is 2.57. The normalized spacial score (nSPS) is 11.9. The third kappa shape index (κ3) is 9.05. The first-order valence-corrected chi connectivity index (χ1v) is 17.5. The number of halogens is 1. The van der Waals surface area contributed by atoms with Crippen LogP contribution in [0.15, 0.2) is 119 Å². The molecule has 1 unspecified atom stereocenters. The number of carbonyl (C=O) groups is 2. The van der Waals surface area contributed by atoms with Gasteiger partial charge in [-0.25, -0.2) is 8.42 Å². The first-order valence-electron chi connectivity index (χ1n) is 15.3. The molecule has 9 heteroatoms. The number of para-hydroxylation sites is 1. The van der Waals surface area contributed by atoms with E-state index in [-0.39, 0.29) is 23.8 Å². The molecule has 7 nitrogen and oxygen atoms in total. The van der Waals surface area contributed by atoms with Crippen molar-refractivity contribution in [2.45, 2.75) is 57.0 Å². The van der Waals surface area contributed by atoms with Gasteiger partial charge in [0.05, 0.1) is 10.6 Å². The number of hydrogen-bond donors (Lipinski definition) is 1. The van der Waals surface area contributed by atoms with Gasteiger partial charge in [0.15, 0.2) is 0 Å². The Balaban J connectivity index is 1.80. The number of hydrogen-bond acceptors (Lipinski definition) is 4. The molecule has 0 aromatic heterocycles. The van der Waals surface area contributed by atoms with Gasteiger partial charge >= 0.3 is 0 Å². The highest BCUT2D eigenvalue weighted by Gasteiger charge is 2.35. The molecule has 0 bridgehead atoms. The molecule has 0 heterocycles. The largest absolute Gasteiger partial charge is 0.354 e. The van der Waals surface area contributed by atoms with Gasteiger partial charge in [-0.15, -0.1) is 0 Å². The smallest absolute Gasteiger partial charge is 0.264 e. The zero-order valence-electron chi connectivity index (χ0n) is 25.7. The first-order chi connectivity index (χ1) is 21.7. The lowest BCUT2D eigenvalue weighted by molar-refractivity contribution is -0.140. The van der Waals surface area contributed by atoms with E-state index >= 15 is 0 Å². The van der Waals surface area contributed by atoms with Gasteiger partial charge in [0.25, 0.3) is 10.0 Å². The monoisotopic (exact) mass is 689 g/mol. The van der Waals surface area contributed by atoms with Crippen molar-refractivity contribution in [1.29, 1.82) is 0 Å². The fourth-order valence-corrected chi connectivity index (χ4v) is 6.87. The van der Waals surface area contributed by atoms with Crippen LogP contribution in [-0.2, 0) is 39.0 Å². The Hall–Kier alpha value is -3.95. The number of sulfonamides is 1. The van der Waals surface area contributed by atoms with Gasteiger partial charge in [0, 0.05) is 24.0 Å². The highest BCUT2D eigenvalue weighted by Crippen LogP contribution is 2.28. The molecule has 0 aliphatic carbocycles. The maximum atomic E-state index is 14.6. The summed E-state index contributed by atoms with van der Waals surface area (Å²) in [7, 11) is -4.14. The molecule has 0 saturated carbocycles. The van der Waals surface area contributed by atoms with Gasteiger partial charge < -0.3 is 10.2 Å². The highest BCUT2D eigenvalue weighted by atomic mass is 79.9. The molecule has 1 N–H and O–H groups in total. The molecule has 236 valence electrons. The average molecular weight is 691 g/mol. The second-order valence-electron chi connectivity index (χ2n) is 10.8. The minimum Gasteiger partial charge on any atom is -0.354 e. The van der Waals surface area contributed by atoms with Crippen LogP contribution in [0.1, 0.15) is 43.4 Å². The van der Waals surface area contributed by atoms with E-state index in [2.05, 4.69) is 21.2 Å². The van der Waals surface area contributed by atoms with E-state index in [9.17, 15) is 18.0 Å². The van der Waals surface area contributed by atoms with E-state index < -0.39 is 28.5 Å². The molecule has 0 radical (unpaired) electrons. The summed E-state index contributed by atoms with van der Waals surface area (Å²) < 4.78 is 30.5. The van der Waals surface area contributed by atoms with Crippen molar-refractivity contribution in [2.24, 2.45) is 0 Å². The van der Waals surface area contributed by atoms with Crippen LogP contribution in [0.5, 0.6) is 0 Å². The lowest BCUT2D eigenvalue weighted by atomic mass is 10.0. The number of nitrogens with zero attached hydrogens (tertiary/aromatic N) is 2. The van der Waals surface area contributed by atoms with E-state index in [0.29, 0.717) is 18.7 Å². The lowest BCUT2D eigenvalue weighted by Gasteiger charge is -2.34. The van der Waals surface area contributed by atoms with Crippen LogP contribution in [0.2, 0.25) is 0 Å². The average Bonchev–Trinajstić information content (AvgIpc) is 3.06. The summed E-state index contributed by atoms with van der Waals surface area (Å²) in [5.41, 5.74) is 2.94. The fraction of sp³-hybridized carbons (Fsp3) is 0.278. The number of aryl methyl sites for hydroxylation is 1. The lowest BCUT2D eigenvalue weighted by Crippen LogP contribution is -2.53. The molecule has 0 fully saturated rings. The SMILES string of the molecule is CCCCNC(=O)C(Cc1ccccc1)N(Cc1ccc(Br)cc1)C(=O)CN(c1ccccc1CC)S(=O)(=O)c1ccccc1. The predicted molar refractivity (Wildman–Crippen MR) is 183 cm³/mol. The molecule has 0 saturated heterocycles. The molecule has 2 amide bonds. The van der Waals surface area contributed by atoms with E-state index in [4.69, 9.17) is 0 Å². The minimum absolute atomic E-state index is 0.0845. The Bertz CT molecular complexity index is 1650.